The molecule has 1 heterocycles. The van der Waals surface area contributed by atoms with E-state index in [1.54, 1.807) is 0 Å². The van der Waals surface area contributed by atoms with Crippen LogP contribution in [0, 0.1) is 0 Å². The van der Waals surface area contributed by atoms with Crippen molar-refractivity contribution < 1.29 is 39.8 Å². The second kappa shape index (κ2) is 8.73. The van der Waals surface area contributed by atoms with E-state index in [9.17, 15) is 25.2 Å². The smallest absolute Gasteiger partial charge is 0.364 e. The molecule has 0 spiro atoms. The van der Waals surface area contributed by atoms with Crippen LogP contribution < -0.4 is 5.73 Å². The number of rotatable bonds is 9. The van der Waals surface area contributed by atoms with E-state index in [0.29, 0.717) is 13.0 Å². The number of hydrogen-bond donors (Lipinski definition) is 6. The summed E-state index contributed by atoms with van der Waals surface area (Å²) in [6.07, 6.45) is -4.37. The molecule has 1 rings (SSSR count). The average molecular weight is 323 g/mol. The highest BCUT2D eigenvalue weighted by Crippen LogP contribution is 2.32. The second-order valence-corrected chi connectivity index (χ2v) is 5.35. The van der Waals surface area contributed by atoms with Gasteiger partial charge in [0.1, 0.15) is 18.3 Å². The fraction of sp³-hybridized carbons (Fsp3) is 0.923. The standard InChI is InChI=1S/C13H25NO8/c14-4-2-1-3-5-21-13(12(19)20)6-8(16)10(18)11(22-13)9(17)7-15/h8-11,15-18H,1-7,14H2,(H,19,20)/t8-,9-,10-,11?,13-/m1/s1. The summed E-state index contributed by atoms with van der Waals surface area (Å²) in [6, 6.07) is 0. The summed E-state index contributed by atoms with van der Waals surface area (Å²) >= 11 is 0. The SMILES string of the molecule is NCCCCCO[C@]1(C(=O)O)C[C@@H](O)[C@@H](O)C([C@H](O)CO)O1. The molecule has 0 amide bonds. The number of carboxylic acid groups (broad SMARTS) is 1. The van der Waals surface area contributed by atoms with E-state index < -0.39 is 49.2 Å². The zero-order valence-electron chi connectivity index (χ0n) is 12.3. The topological polar surface area (TPSA) is 163 Å². The number of nitrogens with two attached hydrogens (primary N) is 1. The van der Waals surface area contributed by atoms with Gasteiger partial charge in [-0.15, -0.1) is 0 Å². The summed E-state index contributed by atoms with van der Waals surface area (Å²) < 4.78 is 10.5. The third-order valence-electron chi connectivity index (χ3n) is 3.61. The first-order chi connectivity index (χ1) is 10.4. The summed E-state index contributed by atoms with van der Waals surface area (Å²) in [4.78, 5) is 11.5. The van der Waals surface area contributed by atoms with Gasteiger partial charge in [-0.25, -0.2) is 4.79 Å². The first kappa shape index (κ1) is 19.2. The molecule has 0 aromatic heterocycles. The lowest BCUT2D eigenvalue weighted by Crippen LogP contribution is -2.62. The quantitative estimate of drug-likeness (QED) is 0.258. The van der Waals surface area contributed by atoms with Crippen molar-refractivity contribution in [1.82, 2.24) is 0 Å². The van der Waals surface area contributed by atoms with E-state index in [1.807, 2.05) is 0 Å². The average Bonchev–Trinajstić information content (AvgIpc) is 2.49. The van der Waals surface area contributed by atoms with Crippen molar-refractivity contribution in [3.63, 3.8) is 0 Å². The van der Waals surface area contributed by atoms with Crippen LogP contribution in [0.3, 0.4) is 0 Å². The number of hydrogen-bond acceptors (Lipinski definition) is 8. The van der Waals surface area contributed by atoms with Crippen LogP contribution in [0.4, 0.5) is 0 Å². The van der Waals surface area contributed by atoms with Crippen LogP contribution in [0.2, 0.25) is 0 Å². The second-order valence-electron chi connectivity index (χ2n) is 5.35. The number of ether oxygens (including phenoxy) is 2. The Kier molecular flexibility index (Phi) is 7.63. The Labute approximate surface area is 128 Å². The Hall–Kier alpha value is -0.810. The summed E-state index contributed by atoms with van der Waals surface area (Å²) in [7, 11) is 0. The van der Waals surface area contributed by atoms with E-state index in [1.165, 1.54) is 0 Å². The maximum atomic E-state index is 11.5. The zero-order chi connectivity index (χ0) is 16.8. The number of unbranched alkanes of at least 4 members (excludes halogenated alkanes) is 2. The first-order valence-corrected chi connectivity index (χ1v) is 7.28. The van der Waals surface area contributed by atoms with Crippen molar-refractivity contribution in [1.29, 1.82) is 0 Å². The molecule has 1 saturated heterocycles. The van der Waals surface area contributed by atoms with Gasteiger partial charge in [-0.05, 0) is 25.8 Å². The Morgan fingerprint density at radius 1 is 1.36 bits per heavy atom. The van der Waals surface area contributed by atoms with Crippen molar-refractivity contribution in [2.24, 2.45) is 5.73 Å². The van der Waals surface area contributed by atoms with Gasteiger partial charge in [-0.1, -0.05) is 0 Å². The molecular formula is C13H25NO8. The van der Waals surface area contributed by atoms with E-state index in [0.717, 1.165) is 12.8 Å². The van der Waals surface area contributed by atoms with Gasteiger partial charge in [-0.2, -0.15) is 0 Å². The van der Waals surface area contributed by atoms with Crippen LogP contribution in [0.1, 0.15) is 25.7 Å². The molecule has 1 aliphatic heterocycles. The molecule has 130 valence electrons. The molecule has 0 aromatic carbocycles. The van der Waals surface area contributed by atoms with Gasteiger partial charge in [0, 0.05) is 6.42 Å². The molecule has 1 unspecified atom stereocenters. The van der Waals surface area contributed by atoms with Gasteiger partial charge in [0.15, 0.2) is 0 Å². The lowest BCUT2D eigenvalue weighted by molar-refractivity contribution is -0.323. The van der Waals surface area contributed by atoms with E-state index in [-0.39, 0.29) is 6.61 Å². The fourth-order valence-corrected chi connectivity index (χ4v) is 2.32. The number of aliphatic carboxylic acids is 1. The summed E-state index contributed by atoms with van der Waals surface area (Å²) in [5.74, 6) is -3.63. The van der Waals surface area contributed by atoms with Gasteiger partial charge in [0.05, 0.1) is 19.3 Å². The largest absolute Gasteiger partial charge is 0.477 e. The third-order valence-corrected chi connectivity index (χ3v) is 3.61. The van der Waals surface area contributed by atoms with Crippen LogP contribution in [0.5, 0.6) is 0 Å². The Bertz CT molecular complexity index is 355. The molecule has 7 N–H and O–H groups in total. The molecule has 0 aromatic rings. The molecule has 0 saturated carbocycles. The van der Waals surface area contributed by atoms with Crippen molar-refractivity contribution in [3.8, 4) is 0 Å². The maximum absolute atomic E-state index is 11.5. The van der Waals surface area contributed by atoms with Crippen LogP contribution in [0.25, 0.3) is 0 Å². The van der Waals surface area contributed by atoms with Gasteiger partial charge >= 0.3 is 5.97 Å². The minimum absolute atomic E-state index is 0.0665. The molecule has 0 radical (unpaired) electrons. The molecule has 9 heteroatoms. The highest BCUT2D eigenvalue weighted by Gasteiger charge is 2.54. The molecule has 9 nitrogen and oxygen atoms in total. The number of aliphatic hydroxyl groups is 4. The Morgan fingerprint density at radius 3 is 2.59 bits per heavy atom. The summed E-state index contributed by atoms with van der Waals surface area (Å²) in [5.41, 5.74) is 5.36. The first-order valence-electron chi connectivity index (χ1n) is 7.28. The Balaban J connectivity index is 2.76. The lowest BCUT2D eigenvalue weighted by Gasteiger charge is -2.43. The predicted molar refractivity (Wildman–Crippen MR) is 73.8 cm³/mol. The van der Waals surface area contributed by atoms with Gasteiger partial charge < -0.3 is 40.7 Å². The van der Waals surface area contributed by atoms with Crippen molar-refractivity contribution in [3.05, 3.63) is 0 Å². The molecule has 0 bridgehead atoms. The molecule has 5 atom stereocenters. The lowest BCUT2D eigenvalue weighted by atomic mass is 9.92. The highest BCUT2D eigenvalue weighted by molar-refractivity contribution is 5.76. The molecule has 22 heavy (non-hydrogen) atoms. The maximum Gasteiger partial charge on any atom is 0.364 e. The summed E-state index contributed by atoms with van der Waals surface area (Å²) in [5, 5.41) is 47.6. The normalized spacial score (nSPS) is 33.6. The third kappa shape index (κ3) is 4.59. The number of aliphatic hydroxyl groups excluding tert-OH is 4. The van der Waals surface area contributed by atoms with E-state index >= 15 is 0 Å². The minimum Gasteiger partial charge on any atom is -0.477 e. The van der Waals surface area contributed by atoms with Crippen LogP contribution >= 0.6 is 0 Å². The van der Waals surface area contributed by atoms with Crippen LogP contribution in [-0.2, 0) is 14.3 Å². The Morgan fingerprint density at radius 2 is 2.05 bits per heavy atom. The van der Waals surface area contributed by atoms with Gasteiger partial charge in [0.2, 0.25) is 0 Å². The molecular weight excluding hydrogens is 298 g/mol. The van der Waals surface area contributed by atoms with Crippen molar-refractivity contribution in [2.45, 2.75) is 55.9 Å². The van der Waals surface area contributed by atoms with Gasteiger partial charge in [0.25, 0.3) is 5.79 Å². The predicted octanol–water partition coefficient (Wildman–Crippen LogP) is -2.22. The number of carboxylic acids is 1. The zero-order valence-corrected chi connectivity index (χ0v) is 12.3. The monoisotopic (exact) mass is 323 g/mol. The van der Waals surface area contributed by atoms with Crippen molar-refractivity contribution >= 4 is 5.97 Å². The minimum atomic E-state index is -2.16. The van der Waals surface area contributed by atoms with E-state index in [4.69, 9.17) is 20.3 Å². The molecule has 0 aliphatic carbocycles. The summed E-state index contributed by atoms with van der Waals surface area (Å²) in [6.45, 7) is -0.159. The molecule has 1 aliphatic rings. The fourth-order valence-electron chi connectivity index (χ4n) is 2.32. The van der Waals surface area contributed by atoms with Gasteiger partial charge in [-0.3, -0.25) is 0 Å². The van der Waals surface area contributed by atoms with Crippen LogP contribution in [0.15, 0.2) is 0 Å². The number of carbonyl (C=O) groups is 1. The van der Waals surface area contributed by atoms with Crippen molar-refractivity contribution in [2.75, 3.05) is 19.8 Å². The van der Waals surface area contributed by atoms with E-state index in [2.05, 4.69) is 0 Å². The molecule has 1 fully saturated rings. The van der Waals surface area contributed by atoms with Crippen LogP contribution in [-0.4, -0.2) is 81.5 Å². The highest BCUT2D eigenvalue weighted by atomic mass is 16.7.